The molecule has 1 aromatic heterocycles. The van der Waals surface area contributed by atoms with Gasteiger partial charge in [0.1, 0.15) is 5.00 Å². The highest BCUT2D eigenvalue weighted by molar-refractivity contribution is 7.89. The highest BCUT2D eigenvalue weighted by Gasteiger charge is 2.30. The molecule has 2 heterocycles. The summed E-state index contributed by atoms with van der Waals surface area (Å²) in [6, 6.07) is 6.11. The fourth-order valence-corrected chi connectivity index (χ4v) is 7.47. The monoisotopic (exact) mass is 562 g/mol. The normalized spacial score (nSPS) is 13.9. The molecule has 1 N–H and O–H groups in total. The Hall–Kier alpha value is -2.27. The number of nitrogens with one attached hydrogen (secondary N) is 1. The quantitative estimate of drug-likeness (QED) is 0.369. The van der Waals surface area contributed by atoms with Crippen LogP contribution < -0.4 is 5.32 Å². The second kappa shape index (κ2) is 13.7. The van der Waals surface area contributed by atoms with E-state index in [1.807, 2.05) is 34.7 Å². The number of hydrogen-bond donors (Lipinski definition) is 1. The number of amides is 2. The summed E-state index contributed by atoms with van der Waals surface area (Å²) < 4.78 is 28.1. The van der Waals surface area contributed by atoms with E-state index in [4.69, 9.17) is 0 Å². The molecule has 0 atom stereocenters. The largest absolute Gasteiger partial charge is 0.339 e. The minimum atomic E-state index is -3.64. The molecule has 2 amide bonds. The van der Waals surface area contributed by atoms with Gasteiger partial charge in [-0.25, -0.2) is 8.42 Å². The molecule has 0 radical (unpaired) electrons. The minimum Gasteiger partial charge on any atom is -0.339 e. The zero-order valence-corrected chi connectivity index (χ0v) is 25.0. The average molecular weight is 563 g/mol. The van der Waals surface area contributed by atoms with Crippen molar-refractivity contribution in [1.29, 1.82) is 0 Å². The predicted octanol–water partition coefficient (Wildman–Crippen LogP) is 5.06. The van der Waals surface area contributed by atoms with E-state index in [-0.39, 0.29) is 16.7 Å². The van der Waals surface area contributed by atoms with Crippen LogP contribution in [0, 0.1) is 0 Å². The molecule has 2 aromatic rings. The van der Waals surface area contributed by atoms with Gasteiger partial charge < -0.3 is 15.1 Å². The Kier molecular flexibility index (Phi) is 10.9. The Morgan fingerprint density at radius 3 is 2.16 bits per heavy atom. The molecule has 1 aromatic carbocycles. The van der Waals surface area contributed by atoms with Crippen molar-refractivity contribution >= 4 is 38.2 Å². The molecule has 0 unspecified atom stereocenters. The number of carbonyl (C=O) groups excluding carboxylic acids is 2. The lowest BCUT2D eigenvalue weighted by Crippen LogP contribution is -2.33. The maximum atomic E-state index is 13.4. The molecule has 0 saturated carbocycles. The zero-order valence-electron chi connectivity index (χ0n) is 23.4. The molecule has 0 fully saturated rings. The van der Waals surface area contributed by atoms with Crippen LogP contribution in [0.15, 0.2) is 29.2 Å². The van der Waals surface area contributed by atoms with Crippen molar-refractivity contribution in [3.63, 3.8) is 0 Å². The summed E-state index contributed by atoms with van der Waals surface area (Å²) in [6.07, 6.45) is 4.20. The number of anilines is 1. The van der Waals surface area contributed by atoms with Gasteiger partial charge in [-0.15, -0.1) is 11.3 Å². The van der Waals surface area contributed by atoms with E-state index in [0.717, 1.165) is 55.6 Å². The van der Waals surface area contributed by atoms with Gasteiger partial charge in [-0.1, -0.05) is 26.7 Å². The van der Waals surface area contributed by atoms with E-state index in [1.54, 1.807) is 21.3 Å². The van der Waals surface area contributed by atoms with Crippen molar-refractivity contribution < 1.29 is 18.0 Å². The molecule has 38 heavy (non-hydrogen) atoms. The number of nitrogens with zero attached hydrogens (tertiary/aromatic N) is 3. The Bertz CT molecular complexity index is 1200. The van der Waals surface area contributed by atoms with Gasteiger partial charge in [0.05, 0.1) is 10.5 Å². The van der Waals surface area contributed by atoms with E-state index in [1.165, 1.54) is 23.5 Å². The van der Waals surface area contributed by atoms with Crippen LogP contribution in [-0.2, 0) is 23.0 Å². The molecule has 3 rings (SSSR count). The first-order valence-corrected chi connectivity index (χ1v) is 16.0. The third-order valence-electron chi connectivity index (χ3n) is 7.02. The molecule has 0 bridgehead atoms. The number of likely N-dealkylation sites (N-methyl/N-ethyl adjacent to an activating group) is 1. The van der Waals surface area contributed by atoms with Gasteiger partial charge in [-0.2, -0.15) is 4.31 Å². The third kappa shape index (κ3) is 6.83. The van der Waals surface area contributed by atoms with Crippen molar-refractivity contribution in [1.82, 2.24) is 14.1 Å². The number of unbranched alkanes of at least 4 members (excludes halogenated alkanes) is 2. The number of carbonyl (C=O) groups is 2. The van der Waals surface area contributed by atoms with E-state index in [0.29, 0.717) is 42.3 Å². The first-order valence-electron chi connectivity index (χ1n) is 13.7. The van der Waals surface area contributed by atoms with Crippen molar-refractivity contribution in [2.45, 2.75) is 71.2 Å². The Balaban J connectivity index is 1.86. The molecule has 0 spiro atoms. The van der Waals surface area contributed by atoms with E-state index < -0.39 is 10.0 Å². The smallest absolute Gasteiger partial charge is 0.257 e. The SMILES string of the molecule is CCCCN(CCCC)S(=O)(=O)c1ccc(C(=O)Nc2sc3c(c2C(=O)N(CC)CC)CCN(C)C3)cc1. The number of rotatable bonds is 13. The van der Waals surface area contributed by atoms with E-state index in [2.05, 4.69) is 10.2 Å². The summed E-state index contributed by atoms with van der Waals surface area (Å²) in [5, 5.41) is 3.54. The lowest BCUT2D eigenvalue weighted by Gasteiger charge is -2.24. The van der Waals surface area contributed by atoms with Crippen LogP contribution in [0.4, 0.5) is 5.00 Å². The van der Waals surface area contributed by atoms with Crippen LogP contribution in [0.25, 0.3) is 0 Å². The Morgan fingerprint density at radius 2 is 1.61 bits per heavy atom. The molecule has 1 aliphatic rings. The van der Waals surface area contributed by atoms with Crippen molar-refractivity contribution in [3.05, 3.63) is 45.8 Å². The summed E-state index contributed by atoms with van der Waals surface area (Å²) >= 11 is 1.46. The molecular formula is C28H42N4O4S2. The first kappa shape index (κ1) is 30.3. The number of thiophene rings is 1. The van der Waals surface area contributed by atoms with Gasteiger partial charge in [0.25, 0.3) is 11.8 Å². The topological polar surface area (TPSA) is 90.0 Å². The van der Waals surface area contributed by atoms with Gasteiger partial charge in [0, 0.05) is 49.7 Å². The Labute approximate surface area is 232 Å². The fourth-order valence-electron chi connectivity index (χ4n) is 4.64. The summed E-state index contributed by atoms with van der Waals surface area (Å²) in [7, 11) is -1.59. The number of benzene rings is 1. The molecular weight excluding hydrogens is 520 g/mol. The lowest BCUT2D eigenvalue weighted by molar-refractivity contribution is 0.0772. The predicted molar refractivity (Wildman–Crippen MR) is 155 cm³/mol. The maximum Gasteiger partial charge on any atom is 0.257 e. The summed E-state index contributed by atoms with van der Waals surface area (Å²) in [4.78, 5) is 32.0. The van der Waals surface area contributed by atoms with Crippen molar-refractivity contribution in [3.8, 4) is 0 Å². The van der Waals surface area contributed by atoms with Crippen molar-refractivity contribution in [2.75, 3.05) is 45.1 Å². The second-order valence-electron chi connectivity index (χ2n) is 9.76. The molecule has 10 heteroatoms. The Morgan fingerprint density at radius 1 is 1.00 bits per heavy atom. The summed E-state index contributed by atoms with van der Waals surface area (Å²) in [5.74, 6) is -0.420. The van der Waals surface area contributed by atoms with Crippen LogP contribution in [0.2, 0.25) is 0 Å². The van der Waals surface area contributed by atoms with Crippen LogP contribution in [0.5, 0.6) is 0 Å². The average Bonchev–Trinajstić information content (AvgIpc) is 3.25. The fraction of sp³-hybridized carbons (Fsp3) is 0.571. The highest BCUT2D eigenvalue weighted by Crippen LogP contribution is 2.38. The van der Waals surface area contributed by atoms with Gasteiger partial charge in [-0.05, 0) is 70.0 Å². The number of fused-ring (bicyclic) bond motifs is 1. The van der Waals surface area contributed by atoms with E-state index >= 15 is 0 Å². The number of sulfonamides is 1. The highest BCUT2D eigenvalue weighted by atomic mass is 32.2. The van der Waals surface area contributed by atoms with Gasteiger partial charge in [0.15, 0.2) is 0 Å². The number of hydrogen-bond acceptors (Lipinski definition) is 6. The van der Waals surface area contributed by atoms with Crippen LogP contribution >= 0.6 is 11.3 Å². The third-order valence-corrected chi connectivity index (χ3v) is 10.1. The molecule has 0 aliphatic carbocycles. The lowest BCUT2D eigenvalue weighted by atomic mass is 10.0. The minimum absolute atomic E-state index is 0.0620. The molecule has 0 saturated heterocycles. The van der Waals surface area contributed by atoms with Gasteiger partial charge in [-0.3, -0.25) is 9.59 Å². The summed E-state index contributed by atoms with van der Waals surface area (Å²) in [6.45, 7) is 11.8. The standard InChI is InChI=1S/C28H42N4O4S2/c1-6-10-17-32(18-11-7-2)38(35,36)22-14-12-21(13-15-22)26(33)29-27-25(28(34)31(8-3)9-4)23-16-19-30(5)20-24(23)37-27/h12-15H,6-11,16-20H2,1-5H3,(H,29,33). The van der Waals surface area contributed by atoms with Gasteiger partial charge >= 0.3 is 0 Å². The molecule has 1 aliphatic heterocycles. The van der Waals surface area contributed by atoms with E-state index in [9.17, 15) is 18.0 Å². The van der Waals surface area contributed by atoms with Gasteiger partial charge in [0.2, 0.25) is 10.0 Å². The maximum absolute atomic E-state index is 13.4. The van der Waals surface area contributed by atoms with Crippen LogP contribution in [0.3, 0.4) is 0 Å². The zero-order chi connectivity index (χ0) is 27.9. The van der Waals surface area contributed by atoms with Crippen LogP contribution in [0.1, 0.15) is 84.5 Å². The molecule has 8 nitrogen and oxygen atoms in total. The first-order chi connectivity index (χ1) is 18.2. The second-order valence-corrected chi connectivity index (χ2v) is 12.8. The van der Waals surface area contributed by atoms with Crippen molar-refractivity contribution in [2.24, 2.45) is 0 Å². The van der Waals surface area contributed by atoms with Crippen LogP contribution in [-0.4, -0.2) is 74.1 Å². The summed E-state index contributed by atoms with van der Waals surface area (Å²) in [5.41, 5.74) is 1.97. The molecule has 210 valence electrons.